The molecule has 4 aliphatic heterocycles. The molecule has 0 saturated carbocycles. The number of hydrogen-bond donors (Lipinski definition) is 17. The van der Waals surface area contributed by atoms with E-state index in [1.54, 1.807) is 13.0 Å². The highest BCUT2D eigenvalue weighted by molar-refractivity contribution is 6.16. The lowest BCUT2D eigenvalue weighted by Crippen LogP contribution is -2.60. The van der Waals surface area contributed by atoms with Gasteiger partial charge in [0.15, 0.2) is 11.6 Å². The molecule has 0 spiro atoms. The second-order valence-corrected chi connectivity index (χ2v) is 20.8. The standard InChI is InChI=1S/C54H62O25/c1-17-8-23-25(37(60)35-19(33(23)51-47(70)43(66)39(62)29(13-56)74-51)4-2-6-27(35)76-53-49(72)45(68)41(64)31(15-58)78-53)10-21(17)22-11-26-24(9-18(22)12-55)34(52-48(71)44(67)40(63)30(14-57)75-52)20-5-3-7-28(36(20)38(26)61)77-54-50(73)46(69)42(65)32(16-59)79-54/h2-11,29-34,39-59,62-73H,12-16H2,1H3/t29-,30-,31-,32-,33?,34?,39-,40-,41-,42-,43+,44+,45+,46+,47-,48-,49-,50-,51+,52+,53-,54-/m1/s1. The van der Waals surface area contributed by atoms with Gasteiger partial charge in [-0.05, 0) is 75.7 Å². The number of ether oxygens (including phenoxy) is 6. The molecule has 0 amide bonds. The van der Waals surface area contributed by atoms with Crippen molar-refractivity contribution in [3.05, 3.63) is 116 Å². The van der Waals surface area contributed by atoms with E-state index in [1.807, 2.05) is 0 Å². The first-order valence-electron chi connectivity index (χ1n) is 25.5. The van der Waals surface area contributed by atoms with Crippen LogP contribution < -0.4 is 9.47 Å². The van der Waals surface area contributed by atoms with Crippen molar-refractivity contribution in [3.63, 3.8) is 0 Å². The van der Waals surface area contributed by atoms with E-state index in [1.165, 1.54) is 54.6 Å². The van der Waals surface area contributed by atoms with Crippen LogP contribution in [0.15, 0.2) is 60.7 Å². The van der Waals surface area contributed by atoms with Gasteiger partial charge in [0.1, 0.15) is 109 Å². The Bertz CT molecular complexity index is 2930. The maximum absolute atomic E-state index is 15.3. The molecule has 79 heavy (non-hydrogen) atoms. The number of fused-ring (bicyclic) bond motifs is 4. The van der Waals surface area contributed by atoms with Gasteiger partial charge in [0, 0.05) is 23.0 Å². The second-order valence-electron chi connectivity index (χ2n) is 20.8. The molecule has 17 N–H and O–H groups in total. The molecule has 4 aromatic rings. The monoisotopic (exact) mass is 1110 g/mol. The first kappa shape index (κ1) is 57.2. The maximum atomic E-state index is 15.3. The van der Waals surface area contributed by atoms with Gasteiger partial charge in [-0.1, -0.05) is 36.4 Å². The predicted molar refractivity (Wildman–Crippen MR) is 262 cm³/mol. The quantitative estimate of drug-likeness (QED) is 0.0629. The maximum Gasteiger partial charge on any atom is 0.229 e. The minimum absolute atomic E-state index is 0.0794. The lowest BCUT2D eigenvalue weighted by Gasteiger charge is -2.45. The van der Waals surface area contributed by atoms with E-state index in [2.05, 4.69) is 0 Å². The van der Waals surface area contributed by atoms with E-state index in [0.29, 0.717) is 5.56 Å². The zero-order chi connectivity index (χ0) is 56.8. The van der Waals surface area contributed by atoms with Crippen molar-refractivity contribution < 1.29 is 125 Å². The summed E-state index contributed by atoms with van der Waals surface area (Å²) in [4.78, 5) is 30.7. The van der Waals surface area contributed by atoms with Crippen molar-refractivity contribution in [1.29, 1.82) is 0 Å². The van der Waals surface area contributed by atoms with Gasteiger partial charge in [0.05, 0.1) is 56.4 Å². The highest BCUT2D eigenvalue weighted by Gasteiger charge is 2.54. The first-order chi connectivity index (χ1) is 37.7. The molecule has 25 heteroatoms. The summed E-state index contributed by atoms with van der Waals surface area (Å²) in [6, 6.07) is 14.3. The Morgan fingerprint density at radius 2 is 0.772 bits per heavy atom. The Hall–Kier alpha value is -5.02. The highest BCUT2D eigenvalue weighted by Crippen LogP contribution is 2.51. The van der Waals surface area contributed by atoms with E-state index >= 15 is 9.59 Å². The van der Waals surface area contributed by atoms with Crippen LogP contribution in [-0.2, 0) is 25.6 Å². The number of benzene rings is 4. The number of aliphatic hydroxyl groups is 17. The number of carbonyl (C=O) groups excluding carboxylic acids is 2. The van der Waals surface area contributed by atoms with Crippen LogP contribution in [0.1, 0.15) is 77.1 Å². The summed E-state index contributed by atoms with van der Waals surface area (Å²) >= 11 is 0. The summed E-state index contributed by atoms with van der Waals surface area (Å²) in [6.45, 7) is -2.39. The molecule has 4 fully saturated rings. The number of aliphatic hydroxyl groups excluding tert-OH is 17. The van der Waals surface area contributed by atoms with Gasteiger partial charge in [0.25, 0.3) is 0 Å². The van der Waals surface area contributed by atoms with Crippen molar-refractivity contribution in [3.8, 4) is 22.6 Å². The largest absolute Gasteiger partial charge is 0.461 e. The van der Waals surface area contributed by atoms with Gasteiger partial charge in [-0.2, -0.15) is 0 Å². The Balaban J connectivity index is 1.14. The van der Waals surface area contributed by atoms with Crippen LogP contribution in [0.3, 0.4) is 0 Å². The summed E-state index contributed by atoms with van der Waals surface area (Å²) in [5.41, 5.74) is 0.568. The molecule has 0 bridgehead atoms. The SMILES string of the molecule is Cc1cc2c(cc1-c1cc3c(cc1CO)C([C@@H]1O[C@H](CO)[C@@H](O)[C@H](O)[C@H]1O)c1cccc(O[C@@H]4O[C@H](CO)[C@@H](O)[C@H](O)[C@H]4O)c1C3=O)C(=O)c1c(O[C@@H]3O[C@H](CO)[C@@H](O)[C@H](O)[C@H]3O)cccc1C2[C@@H]1O[C@H](CO)[C@@H](O)[C@H](O)[C@H]1O. The number of ketones is 2. The van der Waals surface area contributed by atoms with Gasteiger partial charge in [-0.3, -0.25) is 9.59 Å². The zero-order valence-electron chi connectivity index (χ0n) is 41.9. The number of hydrogen-bond acceptors (Lipinski definition) is 25. The van der Waals surface area contributed by atoms with Crippen molar-refractivity contribution >= 4 is 11.6 Å². The molecular weight excluding hydrogens is 1050 g/mol. The van der Waals surface area contributed by atoms with Crippen LogP contribution in [0, 0.1) is 6.92 Å². The Labute approximate surface area is 448 Å². The summed E-state index contributed by atoms with van der Waals surface area (Å²) in [5.74, 6) is -4.64. The average Bonchev–Trinajstić information content (AvgIpc) is 3.64. The molecule has 10 rings (SSSR count). The lowest BCUT2D eigenvalue weighted by atomic mass is 9.69. The Morgan fingerprint density at radius 3 is 1.16 bits per heavy atom. The van der Waals surface area contributed by atoms with Crippen molar-refractivity contribution in [1.82, 2.24) is 0 Å². The summed E-state index contributed by atoms with van der Waals surface area (Å²) < 4.78 is 35.7. The third-order valence-electron chi connectivity index (χ3n) is 16.2. The number of rotatable bonds is 12. The van der Waals surface area contributed by atoms with E-state index < -0.39 is 179 Å². The fourth-order valence-corrected chi connectivity index (χ4v) is 12.0. The van der Waals surface area contributed by atoms with Crippen LogP contribution in [0.4, 0.5) is 0 Å². The summed E-state index contributed by atoms with van der Waals surface area (Å²) in [7, 11) is 0. The fraction of sp³-hybridized carbons (Fsp3) is 0.519. The van der Waals surface area contributed by atoms with E-state index in [-0.39, 0.29) is 72.7 Å². The molecule has 0 aromatic heterocycles. The van der Waals surface area contributed by atoms with E-state index in [4.69, 9.17) is 28.4 Å². The number of carbonyl (C=O) groups is 2. The minimum atomic E-state index is -1.93. The van der Waals surface area contributed by atoms with Gasteiger partial charge < -0.3 is 115 Å². The molecule has 2 unspecified atom stereocenters. The third kappa shape index (κ3) is 9.48. The highest BCUT2D eigenvalue weighted by atomic mass is 16.7. The molecule has 22 atom stereocenters. The smallest absolute Gasteiger partial charge is 0.229 e. The fourth-order valence-electron chi connectivity index (χ4n) is 12.0. The van der Waals surface area contributed by atoms with Crippen LogP contribution in [-0.4, -0.2) is 247 Å². The van der Waals surface area contributed by atoms with Gasteiger partial charge in [-0.25, -0.2) is 0 Å². The lowest BCUT2D eigenvalue weighted by molar-refractivity contribution is -0.277. The number of aryl methyl sites for hydroxylation is 1. The molecule has 2 aliphatic carbocycles. The third-order valence-corrected chi connectivity index (χ3v) is 16.2. The van der Waals surface area contributed by atoms with Gasteiger partial charge in [-0.15, -0.1) is 0 Å². The zero-order valence-corrected chi connectivity index (χ0v) is 41.9. The van der Waals surface area contributed by atoms with Gasteiger partial charge in [0.2, 0.25) is 12.6 Å². The molecule has 428 valence electrons. The Morgan fingerprint density at radius 1 is 0.405 bits per heavy atom. The first-order valence-corrected chi connectivity index (χ1v) is 25.5. The molecule has 25 nitrogen and oxygen atoms in total. The second kappa shape index (κ2) is 22.4. The average molecular weight is 1110 g/mol. The molecule has 6 aliphatic rings. The summed E-state index contributed by atoms with van der Waals surface area (Å²) in [5, 5.41) is 183. The van der Waals surface area contributed by atoms with Crippen LogP contribution in [0.5, 0.6) is 11.5 Å². The van der Waals surface area contributed by atoms with Crippen molar-refractivity contribution in [2.75, 3.05) is 26.4 Å². The normalized spacial score (nSPS) is 38.1. The van der Waals surface area contributed by atoms with Crippen LogP contribution >= 0.6 is 0 Å². The Kier molecular flexibility index (Phi) is 16.2. The van der Waals surface area contributed by atoms with E-state index in [9.17, 15) is 86.8 Å². The minimum Gasteiger partial charge on any atom is -0.461 e. The van der Waals surface area contributed by atoms with E-state index in [0.717, 1.165) is 0 Å². The summed E-state index contributed by atoms with van der Waals surface area (Å²) in [6.07, 6.45) is -34.6. The van der Waals surface area contributed by atoms with Crippen LogP contribution in [0.2, 0.25) is 0 Å². The van der Waals surface area contributed by atoms with Gasteiger partial charge >= 0.3 is 0 Å². The molecule has 0 radical (unpaired) electrons. The predicted octanol–water partition coefficient (Wildman–Crippen LogP) is -5.45. The molecule has 4 saturated heterocycles. The molecule has 4 heterocycles. The molecule has 4 aromatic carbocycles. The molecular formula is C54H62O25. The van der Waals surface area contributed by atoms with Crippen molar-refractivity contribution in [2.24, 2.45) is 0 Å². The van der Waals surface area contributed by atoms with Crippen LogP contribution in [0.25, 0.3) is 11.1 Å². The topological polar surface area (TPSA) is 433 Å². The van der Waals surface area contributed by atoms with Crippen molar-refractivity contribution in [2.45, 2.75) is 148 Å².